The molecule has 0 N–H and O–H groups in total. The molecule has 0 radical (unpaired) electrons. The zero-order valence-electron chi connectivity index (χ0n) is 10.3. The Morgan fingerprint density at radius 2 is 2.19 bits per heavy atom. The zero-order chi connectivity index (χ0) is 11.4. The first-order valence-corrected chi connectivity index (χ1v) is 6.25. The molecule has 1 saturated heterocycles. The lowest BCUT2D eigenvalue weighted by Crippen LogP contribution is -2.37. The van der Waals surface area contributed by atoms with Crippen LogP contribution in [0.15, 0.2) is 24.4 Å². The average Bonchev–Trinajstić information content (AvgIpc) is 2.81. The molecule has 1 aromatic heterocycles. The molecule has 2 rings (SSSR count). The molecule has 88 valence electrons. The number of pyridine rings is 1. The first-order valence-electron chi connectivity index (χ1n) is 6.25. The highest BCUT2D eigenvalue weighted by Gasteiger charge is 2.26. The fraction of sp³-hybridized carbons (Fsp3) is 0.615. The van der Waals surface area contributed by atoms with Gasteiger partial charge in [-0.15, -0.1) is 0 Å². The predicted octanol–water partition coefficient (Wildman–Crippen LogP) is 2.00. The third-order valence-corrected chi connectivity index (χ3v) is 3.47. The molecule has 2 heterocycles. The molecule has 1 unspecified atom stereocenters. The summed E-state index contributed by atoms with van der Waals surface area (Å²) in [6, 6.07) is 6.84. The van der Waals surface area contributed by atoms with Crippen LogP contribution in [-0.4, -0.2) is 42.1 Å². The van der Waals surface area contributed by atoms with Crippen molar-refractivity contribution in [1.29, 1.82) is 0 Å². The van der Waals surface area contributed by atoms with Crippen molar-refractivity contribution in [3.8, 4) is 0 Å². The smallest absolute Gasteiger partial charge is 0.128 e. The number of nitrogens with zero attached hydrogens (tertiary/aromatic N) is 3. The maximum absolute atomic E-state index is 4.41. The zero-order valence-corrected chi connectivity index (χ0v) is 10.3. The van der Waals surface area contributed by atoms with Crippen molar-refractivity contribution < 1.29 is 0 Å². The van der Waals surface area contributed by atoms with E-state index in [1.54, 1.807) is 0 Å². The van der Waals surface area contributed by atoms with Crippen molar-refractivity contribution in [2.45, 2.75) is 26.3 Å². The van der Waals surface area contributed by atoms with E-state index in [-0.39, 0.29) is 0 Å². The molecule has 3 nitrogen and oxygen atoms in total. The second-order valence-electron chi connectivity index (χ2n) is 4.30. The SMILES string of the molecule is CCN(CC)C1CCN(c2ccccn2)C1. The van der Waals surface area contributed by atoms with Crippen LogP contribution in [0.2, 0.25) is 0 Å². The number of hydrogen-bond donors (Lipinski definition) is 0. The van der Waals surface area contributed by atoms with Crippen LogP contribution in [-0.2, 0) is 0 Å². The molecule has 1 aliphatic rings. The van der Waals surface area contributed by atoms with Gasteiger partial charge in [0.05, 0.1) is 0 Å². The van der Waals surface area contributed by atoms with Crippen LogP contribution in [0.1, 0.15) is 20.3 Å². The van der Waals surface area contributed by atoms with E-state index in [1.807, 2.05) is 12.3 Å². The molecule has 1 aromatic rings. The normalized spacial score (nSPS) is 20.7. The predicted molar refractivity (Wildman–Crippen MR) is 67.8 cm³/mol. The largest absolute Gasteiger partial charge is 0.355 e. The van der Waals surface area contributed by atoms with E-state index < -0.39 is 0 Å². The van der Waals surface area contributed by atoms with Gasteiger partial charge in [0.2, 0.25) is 0 Å². The molecule has 1 aliphatic heterocycles. The molecule has 0 aromatic carbocycles. The van der Waals surface area contributed by atoms with Crippen molar-refractivity contribution in [3.63, 3.8) is 0 Å². The van der Waals surface area contributed by atoms with E-state index >= 15 is 0 Å². The fourth-order valence-electron chi connectivity index (χ4n) is 2.53. The second-order valence-corrected chi connectivity index (χ2v) is 4.30. The molecule has 0 aliphatic carbocycles. The number of hydrogen-bond acceptors (Lipinski definition) is 3. The maximum atomic E-state index is 4.41. The topological polar surface area (TPSA) is 19.4 Å². The highest BCUT2D eigenvalue weighted by molar-refractivity contribution is 5.39. The van der Waals surface area contributed by atoms with Gasteiger partial charge in [0, 0.05) is 25.3 Å². The van der Waals surface area contributed by atoms with E-state index in [1.165, 1.54) is 6.42 Å². The summed E-state index contributed by atoms with van der Waals surface area (Å²) in [6.45, 7) is 9.05. The van der Waals surface area contributed by atoms with Crippen LogP contribution in [0.25, 0.3) is 0 Å². The van der Waals surface area contributed by atoms with E-state index in [4.69, 9.17) is 0 Å². The minimum Gasteiger partial charge on any atom is -0.355 e. The standard InChI is InChI=1S/C13H21N3/c1-3-15(4-2)12-8-10-16(11-12)13-7-5-6-9-14-13/h5-7,9,12H,3-4,8,10-11H2,1-2H3. The Morgan fingerprint density at radius 1 is 1.38 bits per heavy atom. The highest BCUT2D eigenvalue weighted by Crippen LogP contribution is 2.20. The van der Waals surface area contributed by atoms with Gasteiger partial charge in [-0.05, 0) is 31.6 Å². The fourth-order valence-corrected chi connectivity index (χ4v) is 2.53. The molecular weight excluding hydrogens is 198 g/mol. The van der Waals surface area contributed by atoms with Gasteiger partial charge in [-0.2, -0.15) is 0 Å². The van der Waals surface area contributed by atoms with Crippen molar-refractivity contribution in [2.75, 3.05) is 31.1 Å². The first kappa shape index (κ1) is 11.4. The molecule has 0 bridgehead atoms. The Morgan fingerprint density at radius 3 is 2.81 bits per heavy atom. The molecular formula is C13H21N3. The molecule has 0 amide bonds. The van der Waals surface area contributed by atoms with Crippen LogP contribution in [0.3, 0.4) is 0 Å². The van der Waals surface area contributed by atoms with Crippen molar-refractivity contribution in [1.82, 2.24) is 9.88 Å². The lowest BCUT2D eigenvalue weighted by molar-refractivity contribution is 0.232. The Kier molecular flexibility index (Phi) is 3.78. The maximum Gasteiger partial charge on any atom is 0.128 e. The van der Waals surface area contributed by atoms with E-state index in [9.17, 15) is 0 Å². The summed E-state index contributed by atoms with van der Waals surface area (Å²) in [5.74, 6) is 1.12. The van der Waals surface area contributed by atoms with Gasteiger partial charge in [-0.25, -0.2) is 4.98 Å². The highest BCUT2D eigenvalue weighted by atomic mass is 15.3. The Hall–Kier alpha value is -1.09. The van der Waals surface area contributed by atoms with Gasteiger partial charge in [0.25, 0.3) is 0 Å². The summed E-state index contributed by atoms with van der Waals surface area (Å²) in [4.78, 5) is 9.35. The average molecular weight is 219 g/mol. The third-order valence-electron chi connectivity index (χ3n) is 3.47. The van der Waals surface area contributed by atoms with Crippen LogP contribution >= 0.6 is 0 Å². The number of likely N-dealkylation sites (N-methyl/N-ethyl adjacent to an activating group) is 1. The minimum atomic E-state index is 0.706. The molecule has 3 heteroatoms. The Balaban J connectivity index is 1.98. The van der Waals surface area contributed by atoms with Crippen molar-refractivity contribution in [2.24, 2.45) is 0 Å². The van der Waals surface area contributed by atoms with E-state index in [2.05, 4.69) is 40.8 Å². The number of anilines is 1. The van der Waals surface area contributed by atoms with Crippen molar-refractivity contribution in [3.05, 3.63) is 24.4 Å². The van der Waals surface area contributed by atoms with Crippen LogP contribution < -0.4 is 4.90 Å². The van der Waals surface area contributed by atoms with Gasteiger partial charge < -0.3 is 4.90 Å². The Bertz CT molecular complexity index is 308. The number of aromatic nitrogens is 1. The summed E-state index contributed by atoms with van der Waals surface area (Å²) in [6.07, 6.45) is 3.14. The van der Waals surface area contributed by atoms with Gasteiger partial charge in [0.15, 0.2) is 0 Å². The molecule has 1 atom stereocenters. The Labute approximate surface area is 98.1 Å². The van der Waals surface area contributed by atoms with Gasteiger partial charge >= 0.3 is 0 Å². The van der Waals surface area contributed by atoms with Crippen LogP contribution in [0.4, 0.5) is 5.82 Å². The van der Waals surface area contributed by atoms with Gasteiger partial charge in [-0.3, -0.25) is 4.90 Å². The summed E-state index contributed by atoms with van der Waals surface area (Å²) >= 11 is 0. The first-order chi connectivity index (χ1) is 7.85. The lowest BCUT2D eigenvalue weighted by Gasteiger charge is -2.26. The van der Waals surface area contributed by atoms with E-state index in [0.29, 0.717) is 6.04 Å². The van der Waals surface area contributed by atoms with Gasteiger partial charge in [-0.1, -0.05) is 19.9 Å². The van der Waals surface area contributed by atoms with Crippen LogP contribution in [0.5, 0.6) is 0 Å². The van der Waals surface area contributed by atoms with Crippen LogP contribution in [0, 0.1) is 0 Å². The summed E-state index contributed by atoms with van der Waals surface area (Å²) in [5, 5.41) is 0. The summed E-state index contributed by atoms with van der Waals surface area (Å²) in [7, 11) is 0. The summed E-state index contributed by atoms with van der Waals surface area (Å²) < 4.78 is 0. The van der Waals surface area contributed by atoms with E-state index in [0.717, 1.165) is 32.0 Å². The molecule has 0 saturated carbocycles. The second kappa shape index (κ2) is 5.30. The number of rotatable bonds is 4. The van der Waals surface area contributed by atoms with Gasteiger partial charge in [0.1, 0.15) is 5.82 Å². The lowest BCUT2D eigenvalue weighted by atomic mass is 10.2. The minimum absolute atomic E-state index is 0.706. The van der Waals surface area contributed by atoms with Crippen molar-refractivity contribution >= 4 is 5.82 Å². The summed E-state index contributed by atoms with van der Waals surface area (Å²) in [5.41, 5.74) is 0. The molecule has 16 heavy (non-hydrogen) atoms. The third kappa shape index (κ3) is 2.35. The monoisotopic (exact) mass is 219 g/mol. The molecule has 0 spiro atoms. The molecule has 1 fully saturated rings. The quantitative estimate of drug-likeness (QED) is 0.772.